The predicted octanol–water partition coefficient (Wildman–Crippen LogP) is 2.38. The van der Waals surface area contributed by atoms with E-state index in [1.807, 2.05) is 0 Å². The van der Waals surface area contributed by atoms with Gasteiger partial charge in [-0.2, -0.15) is 0 Å². The van der Waals surface area contributed by atoms with Gasteiger partial charge in [0, 0.05) is 5.56 Å². The summed E-state index contributed by atoms with van der Waals surface area (Å²) in [5.74, 6) is -0.125. The molecule has 0 bridgehead atoms. The van der Waals surface area contributed by atoms with Crippen LogP contribution in [0.5, 0.6) is 0 Å². The molecule has 3 heteroatoms. The Hall–Kier alpha value is -1.22. The number of carbonyl (C=O) groups is 1. The van der Waals surface area contributed by atoms with Crippen molar-refractivity contribution in [3.63, 3.8) is 0 Å². The lowest BCUT2D eigenvalue weighted by atomic mass is 9.98. The Labute approximate surface area is 94.9 Å². The smallest absolute Gasteiger partial charge is 0.179 e. The minimum absolute atomic E-state index is 0.0794. The molecule has 1 heterocycles. The topological polar surface area (TPSA) is 29.1 Å². The Morgan fingerprint density at radius 1 is 1.38 bits per heavy atom. The zero-order valence-electron chi connectivity index (χ0n) is 9.64. The van der Waals surface area contributed by atoms with Gasteiger partial charge in [0.25, 0.3) is 0 Å². The number of nitrogens with one attached hydrogen (secondary N) is 1. The van der Waals surface area contributed by atoms with Gasteiger partial charge >= 0.3 is 0 Å². The molecule has 1 aliphatic rings. The van der Waals surface area contributed by atoms with Crippen molar-refractivity contribution in [3.05, 3.63) is 34.6 Å². The number of hydrogen-bond donors (Lipinski definition) is 1. The van der Waals surface area contributed by atoms with Crippen LogP contribution in [0.2, 0.25) is 0 Å². The summed E-state index contributed by atoms with van der Waals surface area (Å²) < 4.78 is 13.4. The number of carbonyl (C=O) groups excluding carboxylic acids is 1. The number of aryl methyl sites for hydroxylation is 2. The number of halogens is 1. The first-order chi connectivity index (χ1) is 7.59. The summed E-state index contributed by atoms with van der Waals surface area (Å²) in [6.45, 7) is 4.29. The first-order valence-electron chi connectivity index (χ1n) is 5.64. The summed E-state index contributed by atoms with van der Waals surface area (Å²) in [7, 11) is 0. The Morgan fingerprint density at radius 2 is 2.00 bits per heavy atom. The molecule has 1 aliphatic heterocycles. The van der Waals surface area contributed by atoms with E-state index in [1.54, 1.807) is 26.0 Å². The minimum Gasteiger partial charge on any atom is -0.307 e. The molecular weight excluding hydrogens is 205 g/mol. The van der Waals surface area contributed by atoms with Crippen LogP contribution in [0.15, 0.2) is 12.1 Å². The molecule has 0 aliphatic carbocycles. The highest BCUT2D eigenvalue weighted by atomic mass is 19.1. The van der Waals surface area contributed by atoms with Crippen LogP contribution in [0.3, 0.4) is 0 Å². The van der Waals surface area contributed by atoms with Crippen molar-refractivity contribution in [1.29, 1.82) is 0 Å². The molecule has 1 aromatic carbocycles. The van der Waals surface area contributed by atoms with Gasteiger partial charge in [0.05, 0.1) is 6.04 Å². The van der Waals surface area contributed by atoms with Crippen molar-refractivity contribution < 1.29 is 9.18 Å². The average molecular weight is 221 g/mol. The van der Waals surface area contributed by atoms with E-state index in [4.69, 9.17) is 0 Å². The molecule has 0 spiro atoms. The highest BCUT2D eigenvalue weighted by Crippen LogP contribution is 2.18. The predicted molar refractivity (Wildman–Crippen MR) is 61.2 cm³/mol. The van der Waals surface area contributed by atoms with Crippen LogP contribution in [0, 0.1) is 19.7 Å². The van der Waals surface area contributed by atoms with E-state index >= 15 is 0 Å². The lowest BCUT2D eigenvalue weighted by Crippen LogP contribution is -2.30. The number of hydrogen-bond acceptors (Lipinski definition) is 2. The second-order valence-corrected chi connectivity index (χ2v) is 4.44. The fourth-order valence-electron chi connectivity index (χ4n) is 2.20. The molecule has 0 radical (unpaired) electrons. The largest absolute Gasteiger partial charge is 0.307 e. The van der Waals surface area contributed by atoms with Gasteiger partial charge in [0.1, 0.15) is 5.82 Å². The molecule has 0 aromatic heterocycles. The van der Waals surface area contributed by atoms with Crippen molar-refractivity contribution in [2.45, 2.75) is 32.7 Å². The Balaban J connectivity index is 2.29. The van der Waals surface area contributed by atoms with Crippen LogP contribution in [0.4, 0.5) is 4.39 Å². The molecule has 0 saturated carbocycles. The first kappa shape index (κ1) is 11.3. The van der Waals surface area contributed by atoms with Crippen molar-refractivity contribution in [2.75, 3.05) is 6.54 Å². The van der Waals surface area contributed by atoms with Crippen LogP contribution >= 0.6 is 0 Å². The van der Waals surface area contributed by atoms with Gasteiger partial charge in [0.2, 0.25) is 0 Å². The SMILES string of the molecule is Cc1cc(C(=O)C2CCCN2)cc(C)c1F. The highest BCUT2D eigenvalue weighted by Gasteiger charge is 2.23. The Bertz CT molecular complexity index is 399. The first-order valence-corrected chi connectivity index (χ1v) is 5.64. The Kier molecular flexibility index (Phi) is 3.06. The van der Waals surface area contributed by atoms with Gasteiger partial charge in [-0.3, -0.25) is 4.79 Å². The maximum absolute atomic E-state index is 13.4. The molecule has 16 heavy (non-hydrogen) atoms. The van der Waals surface area contributed by atoms with E-state index in [-0.39, 0.29) is 17.6 Å². The second-order valence-electron chi connectivity index (χ2n) is 4.44. The van der Waals surface area contributed by atoms with Crippen LogP contribution in [-0.2, 0) is 0 Å². The third kappa shape index (κ3) is 2.00. The molecule has 2 rings (SSSR count). The monoisotopic (exact) mass is 221 g/mol. The van der Waals surface area contributed by atoms with Gasteiger partial charge in [-0.1, -0.05) is 0 Å². The standard InChI is InChI=1S/C13H16FNO/c1-8-6-10(7-9(2)12(8)14)13(16)11-4-3-5-15-11/h6-7,11,15H,3-5H2,1-2H3. The summed E-state index contributed by atoms with van der Waals surface area (Å²) in [5.41, 5.74) is 1.71. The summed E-state index contributed by atoms with van der Waals surface area (Å²) in [6, 6.07) is 3.21. The number of Topliss-reactive ketones (excluding diaryl/α,β-unsaturated/α-hetero) is 1. The normalized spacial score (nSPS) is 20.1. The van der Waals surface area contributed by atoms with Crippen molar-refractivity contribution in [1.82, 2.24) is 5.32 Å². The summed E-state index contributed by atoms with van der Waals surface area (Å²) in [6.07, 6.45) is 1.92. The molecule has 1 aromatic rings. The van der Waals surface area contributed by atoms with E-state index in [0.29, 0.717) is 16.7 Å². The van der Waals surface area contributed by atoms with Crippen molar-refractivity contribution in [2.24, 2.45) is 0 Å². The molecule has 1 atom stereocenters. The van der Waals surface area contributed by atoms with Crippen molar-refractivity contribution in [3.8, 4) is 0 Å². The average Bonchev–Trinajstić information content (AvgIpc) is 2.77. The van der Waals surface area contributed by atoms with Gasteiger partial charge in [-0.15, -0.1) is 0 Å². The lowest BCUT2D eigenvalue weighted by molar-refractivity contribution is 0.0952. The van der Waals surface area contributed by atoms with E-state index in [2.05, 4.69) is 5.32 Å². The van der Waals surface area contributed by atoms with Gasteiger partial charge in [-0.25, -0.2) is 4.39 Å². The second kappa shape index (κ2) is 4.34. The maximum Gasteiger partial charge on any atom is 0.179 e. The fourth-order valence-corrected chi connectivity index (χ4v) is 2.20. The number of benzene rings is 1. The lowest BCUT2D eigenvalue weighted by Gasteiger charge is -2.11. The molecule has 1 fully saturated rings. The van der Waals surface area contributed by atoms with E-state index < -0.39 is 0 Å². The van der Waals surface area contributed by atoms with E-state index in [0.717, 1.165) is 19.4 Å². The molecule has 0 amide bonds. The van der Waals surface area contributed by atoms with E-state index in [1.165, 1.54) is 0 Å². The number of ketones is 1. The minimum atomic E-state index is -0.212. The van der Waals surface area contributed by atoms with Crippen LogP contribution in [0.25, 0.3) is 0 Å². The third-order valence-corrected chi connectivity index (χ3v) is 3.10. The molecule has 1 unspecified atom stereocenters. The fraction of sp³-hybridized carbons (Fsp3) is 0.462. The van der Waals surface area contributed by atoms with E-state index in [9.17, 15) is 9.18 Å². The molecule has 2 nitrogen and oxygen atoms in total. The summed E-state index contributed by atoms with van der Waals surface area (Å²) >= 11 is 0. The van der Waals surface area contributed by atoms with Crippen LogP contribution in [-0.4, -0.2) is 18.4 Å². The van der Waals surface area contributed by atoms with Gasteiger partial charge in [-0.05, 0) is 56.5 Å². The molecule has 1 saturated heterocycles. The summed E-state index contributed by atoms with van der Waals surface area (Å²) in [4.78, 5) is 12.1. The Morgan fingerprint density at radius 3 is 2.50 bits per heavy atom. The van der Waals surface area contributed by atoms with Crippen LogP contribution in [0.1, 0.15) is 34.3 Å². The third-order valence-electron chi connectivity index (χ3n) is 3.10. The van der Waals surface area contributed by atoms with Crippen molar-refractivity contribution >= 4 is 5.78 Å². The zero-order valence-corrected chi connectivity index (χ0v) is 9.64. The quantitative estimate of drug-likeness (QED) is 0.777. The maximum atomic E-state index is 13.4. The summed E-state index contributed by atoms with van der Waals surface area (Å²) in [5, 5.41) is 3.17. The molecule has 1 N–H and O–H groups in total. The van der Waals surface area contributed by atoms with Crippen LogP contribution < -0.4 is 5.32 Å². The van der Waals surface area contributed by atoms with Gasteiger partial charge in [0.15, 0.2) is 5.78 Å². The molecular formula is C13H16FNO. The number of rotatable bonds is 2. The highest BCUT2D eigenvalue weighted by molar-refractivity contribution is 6.00. The molecule has 86 valence electrons. The zero-order chi connectivity index (χ0) is 11.7. The van der Waals surface area contributed by atoms with Gasteiger partial charge < -0.3 is 5.32 Å².